The van der Waals surface area contributed by atoms with Gasteiger partial charge >= 0.3 is 10.1 Å². The molecule has 0 aliphatic carbocycles. The molecule has 3 aromatic carbocycles. The van der Waals surface area contributed by atoms with E-state index in [0.29, 0.717) is 17.1 Å². The molecule has 0 spiro atoms. The SMILES string of the molecule is O=C1Nc2ccc(S(=O)(=O)ONc3ccc(F)c(Cl)c3)cc2C1=Cc1nc2ccccc2[nH]1. The van der Waals surface area contributed by atoms with Crippen LogP contribution in [0.15, 0.2) is 65.6 Å². The number of nitrogens with zero attached hydrogens (tertiary/aromatic N) is 1. The second kappa shape index (κ2) is 8.00. The molecule has 0 radical (unpaired) electrons. The van der Waals surface area contributed by atoms with Crippen LogP contribution in [0, 0.1) is 5.82 Å². The molecule has 0 unspecified atom stereocenters. The lowest BCUT2D eigenvalue weighted by Gasteiger charge is -2.09. The van der Waals surface area contributed by atoms with E-state index in [1.54, 1.807) is 6.08 Å². The minimum atomic E-state index is -4.27. The van der Waals surface area contributed by atoms with Crippen LogP contribution in [0.3, 0.4) is 0 Å². The van der Waals surface area contributed by atoms with Crippen molar-refractivity contribution in [3.05, 3.63) is 82.9 Å². The predicted molar refractivity (Wildman–Crippen MR) is 122 cm³/mol. The molecule has 11 heteroatoms. The summed E-state index contributed by atoms with van der Waals surface area (Å²) in [5, 5.41) is 2.51. The number of H-pyrrole nitrogens is 1. The Morgan fingerprint density at radius 3 is 2.70 bits per heavy atom. The quantitative estimate of drug-likeness (QED) is 0.282. The molecule has 0 fully saturated rings. The number of fused-ring (bicyclic) bond motifs is 2. The highest BCUT2D eigenvalue weighted by Crippen LogP contribution is 2.35. The van der Waals surface area contributed by atoms with Crippen molar-refractivity contribution in [2.75, 3.05) is 10.8 Å². The minimum Gasteiger partial charge on any atom is -0.338 e. The van der Waals surface area contributed by atoms with Crippen molar-refractivity contribution < 1.29 is 21.9 Å². The number of hydrogen-bond acceptors (Lipinski definition) is 6. The number of benzene rings is 3. The Balaban J connectivity index is 1.45. The average Bonchev–Trinajstić information content (AvgIpc) is 3.34. The van der Waals surface area contributed by atoms with Crippen LogP contribution in [0.1, 0.15) is 11.4 Å². The second-order valence-corrected chi connectivity index (χ2v) is 9.08. The number of para-hydroxylation sites is 2. The molecule has 3 N–H and O–H groups in total. The molecular formula is C22H14ClFN4O4S. The Hall–Kier alpha value is -3.73. The predicted octanol–water partition coefficient (Wildman–Crippen LogP) is 4.58. The molecule has 33 heavy (non-hydrogen) atoms. The number of carbonyl (C=O) groups excluding carboxylic acids is 1. The Morgan fingerprint density at radius 1 is 1.09 bits per heavy atom. The Kier molecular flexibility index (Phi) is 5.12. The van der Waals surface area contributed by atoms with Gasteiger partial charge in [0.1, 0.15) is 11.6 Å². The fraction of sp³-hybridized carbons (Fsp3) is 0. The molecular weight excluding hydrogens is 471 g/mol. The van der Waals surface area contributed by atoms with Crippen molar-refractivity contribution in [3.63, 3.8) is 0 Å². The average molecular weight is 485 g/mol. The van der Waals surface area contributed by atoms with Crippen LogP contribution in [0.2, 0.25) is 5.02 Å². The van der Waals surface area contributed by atoms with Crippen LogP contribution in [-0.2, 0) is 19.2 Å². The van der Waals surface area contributed by atoms with Gasteiger partial charge < -0.3 is 10.3 Å². The van der Waals surface area contributed by atoms with Gasteiger partial charge in [0.05, 0.1) is 32.2 Å². The van der Waals surface area contributed by atoms with Crippen molar-refractivity contribution in [2.24, 2.45) is 0 Å². The van der Waals surface area contributed by atoms with Gasteiger partial charge in [-0.25, -0.2) is 14.9 Å². The molecule has 1 aliphatic heterocycles. The number of rotatable bonds is 5. The molecule has 166 valence electrons. The van der Waals surface area contributed by atoms with E-state index in [2.05, 4.69) is 20.8 Å². The number of anilines is 2. The van der Waals surface area contributed by atoms with Gasteiger partial charge in [-0.3, -0.25) is 4.79 Å². The largest absolute Gasteiger partial charge is 0.338 e. The van der Waals surface area contributed by atoms with E-state index in [4.69, 9.17) is 15.9 Å². The summed E-state index contributed by atoms with van der Waals surface area (Å²) >= 11 is 5.69. The number of carbonyl (C=O) groups is 1. The first-order chi connectivity index (χ1) is 15.8. The maximum Gasteiger partial charge on any atom is 0.317 e. The number of hydrogen-bond donors (Lipinski definition) is 3. The van der Waals surface area contributed by atoms with Gasteiger partial charge in [0.25, 0.3) is 5.91 Å². The molecule has 5 rings (SSSR count). The van der Waals surface area contributed by atoms with Gasteiger partial charge in [-0.2, -0.15) is 8.42 Å². The highest BCUT2D eigenvalue weighted by atomic mass is 35.5. The number of nitrogens with one attached hydrogen (secondary N) is 3. The van der Waals surface area contributed by atoms with Gasteiger partial charge in [0.2, 0.25) is 0 Å². The first-order valence-corrected chi connectivity index (χ1v) is 11.4. The third kappa shape index (κ3) is 4.07. The lowest BCUT2D eigenvalue weighted by molar-refractivity contribution is -0.110. The number of halogens is 2. The molecule has 8 nitrogen and oxygen atoms in total. The monoisotopic (exact) mass is 484 g/mol. The third-order valence-electron chi connectivity index (χ3n) is 4.94. The number of aromatic nitrogens is 2. The van der Waals surface area contributed by atoms with E-state index in [1.165, 1.54) is 30.3 Å². The van der Waals surface area contributed by atoms with Crippen LogP contribution in [0.25, 0.3) is 22.7 Å². The normalized spacial score (nSPS) is 14.5. The molecule has 2 heterocycles. The Labute approximate surface area is 192 Å². The van der Waals surface area contributed by atoms with E-state index in [-0.39, 0.29) is 27.1 Å². The fourth-order valence-corrected chi connectivity index (χ4v) is 4.33. The highest BCUT2D eigenvalue weighted by Gasteiger charge is 2.27. The molecule has 1 aliphatic rings. The lowest BCUT2D eigenvalue weighted by Crippen LogP contribution is -2.12. The number of amides is 1. The standard InChI is InChI=1S/C22H14ClFN4O4S/c23-16-9-12(5-7-17(16)24)28-32-33(30,31)13-6-8-18-14(10-13)15(22(29)27-18)11-21-25-19-3-1-2-4-20(19)26-21/h1-11,28H,(H,25,26)(H,27,29). The fourth-order valence-electron chi connectivity index (χ4n) is 3.35. The summed E-state index contributed by atoms with van der Waals surface area (Å²) in [5.74, 6) is -0.585. The lowest BCUT2D eigenvalue weighted by atomic mass is 10.1. The molecule has 0 bridgehead atoms. The van der Waals surface area contributed by atoms with Crippen molar-refractivity contribution in [2.45, 2.75) is 4.90 Å². The summed E-state index contributed by atoms with van der Waals surface area (Å²) < 4.78 is 43.5. The first kappa shape index (κ1) is 21.1. The molecule has 0 atom stereocenters. The zero-order valence-corrected chi connectivity index (χ0v) is 18.2. The Bertz CT molecular complexity index is 1530. The zero-order valence-electron chi connectivity index (χ0n) is 16.6. The summed E-state index contributed by atoms with van der Waals surface area (Å²) in [6, 6.07) is 15.0. The van der Waals surface area contributed by atoms with E-state index >= 15 is 0 Å². The molecule has 0 saturated carbocycles. The summed E-state index contributed by atoms with van der Waals surface area (Å²) in [6.07, 6.45) is 1.55. The van der Waals surface area contributed by atoms with Gasteiger partial charge in [-0.15, -0.1) is 4.28 Å². The summed E-state index contributed by atoms with van der Waals surface area (Å²) in [6.45, 7) is 0. The summed E-state index contributed by atoms with van der Waals surface area (Å²) in [5.41, 5.74) is 5.02. The van der Waals surface area contributed by atoms with E-state index in [0.717, 1.165) is 17.1 Å². The summed E-state index contributed by atoms with van der Waals surface area (Å²) in [7, 11) is -4.27. The van der Waals surface area contributed by atoms with Gasteiger partial charge in [-0.05, 0) is 54.6 Å². The van der Waals surface area contributed by atoms with Crippen molar-refractivity contribution in [1.29, 1.82) is 0 Å². The zero-order chi connectivity index (χ0) is 23.2. The van der Waals surface area contributed by atoms with Crippen LogP contribution in [-0.4, -0.2) is 24.3 Å². The van der Waals surface area contributed by atoms with E-state index < -0.39 is 15.9 Å². The van der Waals surface area contributed by atoms with E-state index in [9.17, 15) is 17.6 Å². The first-order valence-electron chi connectivity index (χ1n) is 9.57. The molecule has 1 amide bonds. The van der Waals surface area contributed by atoms with Crippen LogP contribution in [0.4, 0.5) is 15.8 Å². The maximum atomic E-state index is 13.3. The van der Waals surface area contributed by atoms with Gasteiger partial charge in [0.15, 0.2) is 0 Å². The van der Waals surface area contributed by atoms with Crippen LogP contribution in [0.5, 0.6) is 0 Å². The molecule has 1 aromatic heterocycles. The minimum absolute atomic E-state index is 0.147. The molecule has 0 saturated heterocycles. The van der Waals surface area contributed by atoms with Gasteiger partial charge in [0, 0.05) is 11.3 Å². The maximum absolute atomic E-state index is 13.3. The van der Waals surface area contributed by atoms with Gasteiger partial charge in [-0.1, -0.05) is 23.7 Å². The van der Waals surface area contributed by atoms with Crippen molar-refractivity contribution >= 4 is 61.7 Å². The molecule has 4 aromatic rings. The van der Waals surface area contributed by atoms with Crippen LogP contribution >= 0.6 is 11.6 Å². The topological polar surface area (TPSA) is 113 Å². The number of imidazole rings is 1. The summed E-state index contributed by atoms with van der Waals surface area (Å²) in [4.78, 5) is 19.9. The van der Waals surface area contributed by atoms with Crippen molar-refractivity contribution in [3.8, 4) is 0 Å². The number of aromatic amines is 1. The van der Waals surface area contributed by atoms with E-state index in [1.807, 2.05) is 24.3 Å². The second-order valence-electron chi connectivity index (χ2n) is 7.13. The smallest absolute Gasteiger partial charge is 0.317 e. The Morgan fingerprint density at radius 2 is 1.91 bits per heavy atom. The van der Waals surface area contributed by atoms with Crippen LogP contribution < -0.4 is 10.8 Å². The highest BCUT2D eigenvalue weighted by molar-refractivity contribution is 7.86. The van der Waals surface area contributed by atoms with Crippen molar-refractivity contribution in [1.82, 2.24) is 9.97 Å². The third-order valence-corrected chi connectivity index (χ3v) is 6.36.